The fourth-order valence-electron chi connectivity index (χ4n) is 2.00. The summed E-state index contributed by atoms with van der Waals surface area (Å²) < 4.78 is 5.26. The van der Waals surface area contributed by atoms with Gasteiger partial charge in [-0.05, 0) is 18.8 Å². The number of hydrogen-bond acceptors (Lipinski definition) is 2. The number of aliphatic hydroxyl groups is 1. The predicted molar refractivity (Wildman–Crippen MR) is 58.2 cm³/mol. The summed E-state index contributed by atoms with van der Waals surface area (Å²) in [5, 5.41) is 9.83. The van der Waals surface area contributed by atoms with E-state index in [4.69, 9.17) is 4.74 Å². The molecule has 0 saturated carbocycles. The Morgan fingerprint density at radius 3 is 2.57 bits per heavy atom. The first-order valence-corrected chi connectivity index (χ1v) is 5.96. The molecule has 1 N–H and O–H groups in total. The highest BCUT2D eigenvalue weighted by molar-refractivity contribution is 4.72. The van der Waals surface area contributed by atoms with Crippen molar-refractivity contribution in [2.24, 2.45) is 11.8 Å². The molecule has 0 aromatic carbocycles. The van der Waals surface area contributed by atoms with Crippen LogP contribution in [0.15, 0.2) is 0 Å². The van der Waals surface area contributed by atoms with Crippen molar-refractivity contribution in [2.45, 2.75) is 52.1 Å². The quantitative estimate of drug-likeness (QED) is 0.668. The van der Waals surface area contributed by atoms with Gasteiger partial charge in [-0.3, -0.25) is 0 Å². The van der Waals surface area contributed by atoms with Crippen LogP contribution in [0.25, 0.3) is 0 Å². The summed E-state index contributed by atoms with van der Waals surface area (Å²) in [7, 11) is 0. The molecule has 1 aliphatic heterocycles. The van der Waals surface area contributed by atoms with Gasteiger partial charge < -0.3 is 9.84 Å². The molecule has 2 unspecified atom stereocenters. The molecule has 0 amide bonds. The smallest absolute Gasteiger partial charge is 0.0591 e. The molecule has 0 bridgehead atoms. The van der Waals surface area contributed by atoms with Crippen LogP contribution >= 0.6 is 0 Å². The maximum absolute atomic E-state index is 9.83. The second kappa shape index (κ2) is 6.41. The maximum atomic E-state index is 9.83. The minimum absolute atomic E-state index is 0.121. The summed E-state index contributed by atoms with van der Waals surface area (Å²) >= 11 is 0. The van der Waals surface area contributed by atoms with Crippen molar-refractivity contribution in [1.82, 2.24) is 0 Å². The molecule has 1 fully saturated rings. The Morgan fingerprint density at radius 1 is 1.29 bits per heavy atom. The van der Waals surface area contributed by atoms with Gasteiger partial charge in [-0.25, -0.2) is 0 Å². The van der Waals surface area contributed by atoms with E-state index in [1.807, 2.05) is 0 Å². The molecule has 84 valence electrons. The molecule has 2 heteroatoms. The molecular formula is C12H24O2. The molecule has 0 aromatic heterocycles. The topological polar surface area (TPSA) is 29.5 Å². The van der Waals surface area contributed by atoms with E-state index in [-0.39, 0.29) is 6.10 Å². The first-order chi connectivity index (χ1) is 6.70. The lowest BCUT2D eigenvalue weighted by Gasteiger charge is -2.16. The van der Waals surface area contributed by atoms with E-state index >= 15 is 0 Å². The van der Waals surface area contributed by atoms with Crippen molar-refractivity contribution < 1.29 is 9.84 Å². The standard InChI is InChI=1S/C12H24O2/c1-10(2)5-3-4-6-12(13)11-7-8-14-9-11/h10-13H,3-9H2,1-2H3. The third-order valence-corrected chi connectivity index (χ3v) is 3.04. The fourth-order valence-corrected chi connectivity index (χ4v) is 2.00. The van der Waals surface area contributed by atoms with Gasteiger partial charge in [0.2, 0.25) is 0 Å². The van der Waals surface area contributed by atoms with E-state index in [1.165, 1.54) is 12.8 Å². The minimum atomic E-state index is -0.121. The van der Waals surface area contributed by atoms with Crippen LogP contribution in [0, 0.1) is 11.8 Å². The number of rotatable bonds is 6. The van der Waals surface area contributed by atoms with Crippen molar-refractivity contribution >= 4 is 0 Å². The molecule has 14 heavy (non-hydrogen) atoms. The summed E-state index contributed by atoms with van der Waals surface area (Å²) in [5.74, 6) is 1.20. The zero-order chi connectivity index (χ0) is 10.4. The highest BCUT2D eigenvalue weighted by atomic mass is 16.5. The van der Waals surface area contributed by atoms with Gasteiger partial charge in [0, 0.05) is 12.5 Å². The fraction of sp³-hybridized carbons (Fsp3) is 1.00. The second-order valence-corrected chi connectivity index (χ2v) is 4.87. The highest BCUT2D eigenvalue weighted by Crippen LogP contribution is 2.21. The first kappa shape index (κ1) is 12.0. The molecule has 2 atom stereocenters. The normalized spacial score (nSPS) is 24.4. The van der Waals surface area contributed by atoms with Crippen molar-refractivity contribution in [2.75, 3.05) is 13.2 Å². The summed E-state index contributed by atoms with van der Waals surface area (Å²) in [6.07, 6.45) is 5.59. The van der Waals surface area contributed by atoms with Crippen LogP contribution in [0.2, 0.25) is 0 Å². The van der Waals surface area contributed by atoms with Crippen LogP contribution in [0.1, 0.15) is 46.0 Å². The van der Waals surface area contributed by atoms with Gasteiger partial charge in [0.05, 0.1) is 12.7 Å². The second-order valence-electron chi connectivity index (χ2n) is 4.87. The molecule has 1 rings (SSSR count). The lowest BCUT2D eigenvalue weighted by atomic mass is 9.96. The average molecular weight is 200 g/mol. The van der Waals surface area contributed by atoms with Crippen molar-refractivity contribution in [1.29, 1.82) is 0 Å². The highest BCUT2D eigenvalue weighted by Gasteiger charge is 2.23. The molecule has 2 nitrogen and oxygen atoms in total. The number of unbranched alkanes of at least 4 members (excludes halogenated alkanes) is 1. The zero-order valence-corrected chi connectivity index (χ0v) is 9.54. The van der Waals surface area contributed by atoms with Crippen LogP contribution in [0.3, 0.4) is 0 Å². The Morgan fingerprint density at radius 2 is 2.00 bits per heavy atom. The van der Waals surface area contributed by atoms with E-state index in [0.29, 0.717) is 5.92 Å². The minimum Gasteiger partial charge on any atom is -0.393 e. The average Bonchev–Trinajstić information content (AvgIpc) is 2.64. The van der Waals surface area contributed by atoms with Crippen molar-refractivity contribution in [3.8, 4) is 0 Å². The van der Waals surface area contributed by atoms with E-state index < -0.39 is 0 Å². The predicted octanol–water partition coefficient (Wildman–Crippen LogP) is 2.60. The van der Waals surface area contributed by atoms with Crippen LogP contribution in [0.5, 0.6) is 0 Å². The van der Waals surface area contributed by atoms with E-state index in [2.05, 4.69) is 13.8 Å². The van der Waals surface area contributed by atoms with Gasteiger partial charge in [-0.2, -0.15) is 0 Å². The first-order valence-electron chi connectivity index (χ1n) is 5.96. The number of hydrogen-bond donors (Lipinski definition) is 1. The Labute approximate surface area is 87.7 Å². The number of ether oxygens (including phenoxy) is 1. The van der Waals surface area contributed by atoms with E-state index in [9.17, 15) is 5.11 Å². The van der Waals surface area contributed by atoms with E-state index in [0.717, 1.165) is 38.4 Å². The van der Waals surface area contributed by atoms with Gasteiger partial charge in [-0.1, -0.05) is 33.1 Å². The summed E-state index contributed by atoms with van der Waals surface area (Å²) in [6.45, 7) is 6.11. The molecule has 0 radical (unpaired) electrons. The Balaban J connectivity index is 1.99. The monoisotopic (exact) mass is 200 g/mol. The third kappa shape index (κ3) is 4.43. The zero-order valence-electron chi connectivity index (χ0n) is 9.54. The number of aliphatic hydroxyl groups excluding tert-OH is 1. The Bertz CT molecular complexity index is 139. The summed E-state index contributed by atoms with van der Waals surface area (Å²) in [6, 6.07) is 0. The van der Waals surface area contributed by atoms with Gasteiger partial charge >= 0.3 is 0 Å². The lowest BCUT2D eigenvalue weighted by molar-refractivity contribution is 0.0823. The summed E-state index contributed by atoms with van der Waals surface area (Å²) in [5.41, 5.74) is 0. The molecule has 0 aromatic rings. The molecular weight excluding hydrogens is 176 g/mol. The molecule has 1 saturated heterocycles. The third-order valence-electron chi connectivity index (χ3n) is 3.04. The Hall–Kier alpha value is -0.0800. The maximum Gasteiger partial charge on any atom is 0.0591 e. The molecule has 1 heterocycles. The van der Waals surface area contributed by atoms with Crippen molar-refractivity contribution in [3.63, 3.8) is 0 Å². The van der Waals surface area contributed by atoms with Crippen LogP contribution < -0.4 is 0 Å². The largest absolute Gasteiger partial charge is 0.393 e. The SMILES string of the molecule is CC(C)CCCCC(O)C1CCOC1. The Kier molecular flexibility index (Phi) is 5.49. The van der Waals surface area contributed by atoms with Gasteiger partial charge in [-0.15, -0.1) is 0 Å². The molecule has 0 aliphatic carbocycles. The molecule has 1 aliphatic rings. The van der Waals surface area contributed by atoms with Crippen LogP contribution in [-0.2, 0) is 4.74 Å². The van der Waals surface area contributed by atoms with Gasteiger partial charge in [0.1, 0.15) is 0 Å². The van der Waals surface area contributed by atoms with Gasteiger partial charge in [0.15, 0.2) is 0 Å². The van der Waals surface area contributed by atoms with Gasteiger partial charge in [0.25, 0.3) is 0 Å². The van der Waals surface area contributed by atoms with Crippen molar-refractivity contribution in [3.05, 3.63) is 0 Å². The lowest BCUT2D eigenvalue weighted by Crippen LogP contribution is -2.20. The van der Waals surface area contributed by atoms with Crippen LogP contribution in [0.4, 0.5) is 0 Å². The molecule has 0 spiro atoms. The van der Waals surface area contributed by atoms with Crippen LogP contribution in [-0.4, -0.2) is 24.4 Å². The summed E-state index contributed by atoms with van der Waals surface area (Å²) in [4.78, 5) is 0. The van der Waals surface area contributed by atoms with E-state index in [1.54, 1.807) is 0 Å².